The molecule has 8 nitrogen and oxygen atoms in total. The molecule has 5 aliphatic rings. The smallest absolute Gasteiger partial charge is 0.233 e. The molecule has 2 aromatic rings. The van der Waals surface area contributed by atoms with Crippen molar-refractivity contribution in [1.29, 1.82) is 0 Å². The molecule has 1 aliphatic heterocycles. The highest BCUT2D eigenvalue weighted by molar-refractivity contribution is 7.99. The molecule has 1 amide bonds. The van der Waals surface area contributed by atoms with Crippen molar-refractivity contribution < 1.29 is 13.9 Å². The predicted molar refractivity (Wildman–Crippen MR) is 118 cm³/mol. The Morgan fingerprint density at radius 1 is 1.22 bits per heavy atom. The van der Waals surface area contributed by atoms with Crippen LogP contribution in [0.25, 0.3) is 0 Å². The van der Waals surface area contributed by atoms with E-state index in [9.17, 15) is 4.79 Å². The first-order valence-electron chi connectivity index (χ1n) is 12.0. The standard InChI is InChI=1S/C23H31N5O3S/c29-21(15-32-22-24-25-26-28(22)14-20-4-2-6-31-20)27(13-19-3-1-5-30-19)23-10-16-7-17(11-23)9-18(8-16)12-23/h1,3,5,16-18,20H,2,4,6-15H2/t16?,17?,18?,20-,23?/m1/s1. The van der Waals surface area contributed by atoms with Crippen molar-refractivity contribution in [2.45, 2.75) is 81.3 Å². The second-order valence-electron chi connectivity index (χ2n) is 10.3. The van der Waals surface area contributed by atoms with E-state index < -0.39 is 0 Å². The van der Waals surface area contributed by atoms with E-state index >= 15 is 0 Å². The van der Waals surface area contributed by atoms with Gasteiger partial charge in [-0.1, -0.05) is 11.8 Å². The van der Waals surface area contributed by atoms with Crippen LogP contribution in [-0.2, 0) is 22.6 Å². The molecule has 4 saturated carbocycles. The fourth-order valence-electron chi connectivity index (χ4n) is 7.07. The van der Waals surface area contributed by atoms with Crippen LogP contribution in [0.4, 0.5) is 0 Å². The first-order valence-corrected chi connectivity index (χ1v) is 13.0. The molecule has 4 aliphatic carbocycles. The molecular weight excluding hydrogens is 426 g/mol. The predicted octanol–water partition coefficient (Wildman–Crippen LogP) is 3.53. The Labute approximate surface area is 192 Å². The zero-order valence-corrected chi connectivity index (χ0v) is 19.2. The number of ether oxygens (including phenoxy) is 1. The van der Waals surface area contributed by atoms with E-state index in [2.05, 4.69) is 20.4 Å². The summed E-state index contributed by atoms with van der Waals surface area (Å²) in [4.78, 5) is 15.9. The number of hydrogen-bond donors (Lipinski definition) is 0. The number of aromatic nitrogens is 4. The number of thioether (sulfide) groups is 1. The fraction of sp³-hybridized carbons (Fsp3) is 0.739. The minimum absolute atomic E-state index is 0.0111. The number of tetrazole rings is 1. The Morgan fingerprint density at radius 3 is 2.66 bits per heavy atom. The highest BCUT2D eigenvalue weighted by Crippen LogP contribution is 2.58. The molecule has 32 heavy (non-hydrogen) atoms. The summed E-state index contributed by atoms with van der Waals surface area (Å²) in [6.07, 6.45) is 11.5. The number of amides is 1. The Hall–Kier alpha value is -1.87. The monoisotopic (exact) mass is 457 g/mol. The normalized spacial score (nSPS) is 33.1. The zero-order chi connectivity index (χ0) is 21.5. The topological polar surface area (TPSA) is 86.3 Å². The summed E-state index contributed by atoms with van der Waals surface area (Å²) in [5, 5.41) is 12.9. The lowest BCUT2D eigenvalue weighted by Crippen LogP contribution is -2.61. The molecule has 9 heteroatoms. The molecule has 0 N–H and O–H groups in total. The molecule has 3 heterocycles. The average Bonchev–Trinajstić information content (AvgIpc) is 3.53. The summed E-state index contributed by atoms with van der Waals surface area (Å²) in [5.41, 5.74) is -0.0111. The third-order valence-electron chi connectivity index (χ3n) is 8.00. The van der Waals surface area contributed by atoms with Crippen LogP contribution in [0.2, 0.25) is 0 Å². The van der Waals surface area contributed by atoms with E-state index in [1.807, 2.05) is 12.1 Å². The van der Waals surface area contributed by atoms with Gasteiger partial charge < -0.3 is 14.1 Å². The van der Waals surface area contributed by atoms with Crippen molar-refractivity contribution in [3.05, 3.63) is 24.2 Å². The molecule has 7 rings (SSSR count). The Morgan fingerprint density at radius 2 is 2.00 bits per heavy atom. The highest BCUT2D eigenvalue weighted by Gasteiger charge is 2.54. The Kier molecular flexibility index (Phi) is 5.49. The van der Waals surface area contributed by atoms with Gasteiger partial charge in [0.2, 0.25) is 11.1 Å². The average molecular weight is 458 g/mol. The molecule has 2 aromatic heterocycles. The van der Waals surface area contributed by atoms with Gasteiger partial charge in [0, 0.05) is 12.1 Å². The SMILES string of the molecule is O=C(CSc1nnnn1C[C@H]1CCCO1)N(Cc1ccco1)C12CC3CC(CC(C3)C1)C2. The van der Waals surface area contributed by atoms with E-state index in [4.69, 9.17) is 9.15 Å². The number of hydrogen-bond acceptors (Lipinski definition) is 7. The second kappa shape index (κ2) is 8.48. The lowest BCUT2D eigenvalue weighted by Gasteiger charge is -2.60. The van der Waals surface area contributed by atoms with Gasteiger partial charge in [-0.15, -0.1) is 5.10 Å². The first-order chi connectivity index (χ1) is 15.7. The van der Waals surface area contributed by atoms with Crippen LogP contribution in [0.15, 0.2) is 28.0 Å². The molecule has 0 aromatic carbocycles. The van der Waals surface area contributed by atoms with Crippen LogP contribution in [0.1, 0.15) is 57.1 Å². The fourth-order valence-corrected chi connectivity index (χ4v) is 7.84. The molecular formula is C23H31N5O3S. The van der Waals surface area contributed by atoms with E-state index in [1.165, 1.54) is 31.0 Å². The van der Waals surface area contributed by atoms with Crippen molar-refractivity contribution in [3.8, 4) is 0 Å². The minimum atomic E-state index is -0.0111. The number of furan rings is 1. The number of carbonyl (C=O) groups excluding carboxylic acids is 1. The Bertz CT molecular complexity index is 904. The molecule has 172 valence electrons. The maximum Gasteiger partial charge on any atom is 0.233 e. The van der Waals surface area contributed by atoms with Crippen molar-refractivity contribution in [2.75, 3.05) is 12.4 Å². The quantitative estimate of drug-likeness (QED) is 0.561. The summed E-state index contributed by atoms with van der Waals surface area (Å²) in [6.45, 7) is 2.01. The molecule has 1 saturated heterocycles. The van der Waals surface area contributed by atoms with Gasteiger partial charge >= 0.3 is 0 Å². The van der Waals surface area contributed by atoms with Gasteiger partial charge in [0.15, 0.2) is 0 Å². The summed E-state index contributed by atoms with van der Waals surface area (Å²) in [7, 11) is 0. The number of rotatable bonds is 8. The van der Waals surface area contributed by atoms with Crippen molar-refractivity contribution in [2.24, 2.45) is 17.8 Å². The zero-order valence-electron chi connectivity index (χ0n) is 18.4. The number of carbonyl (C=O) groups is 1. The third-order valence-corrected chi connectivity index (χ3v) is 8.94. The summed E-state index contributed by atoms with van der Waals surface area (Å²) >= 11 is 1.44. The summed E-state index contributed by atoms with van der Waals surface area (Å²) in [5.74, 6) is 3.70. The number of nitrogens with zero attached hydrogens (tertiary/aromatic N) is 5. The third kappa shape index (κ3) is 3.98. The van der Waals surface area contributed by atoms with E-state index in [1.54, 1.807) is 10.9 Å². The van der Waals surface area contributed by atoms with Crippen molar-refractivity contribution >= 4 is 17.7 Å². The lowest BCUT2D eigenvalue weighted by molar-refractivity contribution is -0.150. The molecule has 1 atom stereocenters. The van der Waals surface area contributed by atoms with Gasteiger partial charge in [0.05, 0.1) is 31.2 Å². The van der Waals surface area contributed by atoms with Gasteiger partial charge in [-0.25, -0.2) is 4.68 Å². The molecule has 5 fully saturated rings. The summed E-state index contributed by atoms with van der Waals surface area (Å²) < 4.78 is 13.2. The van der Waals surface area contributed by atoms with E-state index in [0.717, 1.165) is 62.2 Å². The van der Waals surface area contributed by atoms with E-state index in [-0.39, 0.29) is 17.6 Å². The van der Waals surface area contributed by atoms with Crippen molar-refractivity contribution in [1.82, 2.24) is 25.1 Å². The van der Waals surface area contributed by atoms with Gasteiger partial charge in [0.1, 0.15) is 5.76 Å². The van der Waals surface area contributed by atoms with Crippen LogP contribution >= 0.6 is 11.8 Å². The first kappa shape index (κ1) is 20.7. The van der Waals surface area contributed by atoms with Crippen LogP contribution in [-0.4, -0.2) is 55.0 Å². The molecule has 0 radical (unpaired) electrons. The second-order valence-corrected chi connectivity index (χ2v) is 11.2. The van der Waals surface area contributed by atoms with Crippen molar-refractivity contribution in [3.63, 3.8) is 0 Å². The Balaban J connectivity index is 1.18. The van der Waals surface area contributed by atoms with Crippen LogP contribution in [0, 0.1) is 17.8 Å². The van der Waals surface area contributed by atoms with Gasteiger partial charge in [-0.05, 0) is 91.7 Å². The molecule has 4 bridgehead atoms. The highest BCUT2D eigenvalue weighted by atomic mass is 32.2. The molecule has 0 unspecified atom stereocenters. The van der Waals surface area contributed by atoms with Crippen LogP contribution < -0.4 is 0 Å². The van der Waals surface area contributed by atoms with Gasteiger partial charge in [-0.2, -0.15) is 0 Å². The van der Waals surface area contributed by atoms with E-state index in [0.29, 0.717) is 24.0 Å². The van der Waals surface area contributed by atoms with Crippen LogP contribution in [0.3, 0.4) is 0 Å². The maximum atomic E-state index is 13.7. The summed E-state index contributed by atoms with van der Waals surface area (Å²) in [6, 6.07) is 3.89. The lowest BCUT2D eigenvalue weighted by atomic mass is 9.52. The van der Waals surface area contributed by atoms with Gasteiger partial charge in [-0.3, -0.25) is 4.79 Å². The molecule has 0 spiro atoms. The largest absolute Gasteiger partial charge is 0.467 e. The maximum absolute atomic E-state index is 13.7. The minimum Gasteiger partial charge on any atom is -0.467 e. The van der Waals surface area contributed by atoms with Crippen LogP contribution in [0.5, 0.6) is 0 Å². The van der Waals surface area contributed by atoms with Gasteiger partial charge in [0.25, 0.3) is 0 Å².